The predicted octanol–water partition coefficient (Wildman–Crippen LogP) is 3.37. The molecule has 0 atom stereocenters. The molecular weight excluding hydrogens is 268 g/mol. The van der Waals surface area contributed by atoms with Gasteiger partial charge in [-0.2, -0.15) is 0 Å². The van der Waals surface area contributed by atoms with Gasteiger partial charge in [0, 0.05) is 6.08 Å². The van der Waals surface area contributed by atoms with Crippen molar-refractivity contribution < 1.29 is 19.4 Å². The van der Waals surface area contributed by atoms with E-state index in [1.807, 2.05) is 42.5 Å². The fraction of sp³-hybridized carbons (Fsp3) is 0.118. The van der Waals surface area contributed by atoms with Crippen LogP contribution in [0.3, 0.4) is 0 Å². The Balaban J connectivity index is 1.99. The van der Waals surface area contributed by atoms with Gasteiger partial charge in [-0.1, -0.05) is 24.3 Å². The highest BCUT2D eigenvalue weighted by Crippen LogP contribution is 2.17. The number of aliphatic carboxylic acids is 1. The Morgan fingerprint density at radius 3 is 2.57 bits per heavy atom. The van der Waals surface area contributed by atoms with Crippen LogP contribution >= 0.6 is 0 Å². The maximum atomic E-state index is 10.5. The molecule has 4 nitrogen and oxygen atoms in total. The molecule has 0 fully saturated rings. The maximum Gasteiger partial charge on any atom is 0.328 e. The molecular formula is C17H16O4. The third-order valence-corrected chi connectivity index (χ3v) is 2.84. The molecule has 0 heterocycles. The molecule has 2 rings (SSSR count). The lowest BCUT2D eigenvalue weighted by atomic mass is 10.2. The van der Waals surface area contributed by atoms with Crippen molar-refractivity contribution in [3.05, 3.63) is 65.7 Å². The zero-order valence-corrected chi connectivity index (χ0v) is 11.7. The molecule has 21 heavy (non-hydrogen) atoms. The molecule has 0 saturated heterocycles. The molecule has 0 aliphatic carbocycles. The van der Waals surface area contributed by atoms with Crippen molar-refractivity contribution in [2.45, 2.75) is 6.61 Å². The van der Waals surface area contributed by atoms with Crippen molar-refractivity contribution in [1.82, 2.24) is 0 Å². The van der Waals surface area contributed by atoms with Gasteiger partial charge < -0.3 is 14.6 Å². The molecule has 1 N–H and O–H groups in total. The minimum Gasteiger partial charge on any atom is -0.497 e. The molecule has 2 aromatic carbocycles. The van der Waals surface area contributed by atoms with Gasteiger partial charge >= 0.3 is 5.97 Å². The zero-order chi connectivity index (χ0) is 15.1. The van der Waals surface area contributed by atoms with Crippen LogP contribution < -0.4 is 9.47 Å². The van der Waals surface area contributed by atoms with E-state index in [2.05, 4.69) is 0 Å². The fourth-order valence-electron chi connectivity index (χ4n) is 1.76. The van der Waals surface area contributed by atoms with Crippen LogP contribution in [0.2, 0.25) is 0 Å². The predicted molar refractivity (Wildman–Crippen MR) is 80.4 cm³/mol. The van der Waals surface area contributed by atoms with Crippen LogP contribution in [0.15, 0.2) is 54.6 Å². The van der Waals surface area contributed by atoms with Crippen molar-refractivity contribution in [3.8, 4) is 11.5 Å². The first-order chi connectivity index (χ1) is 10.2. The van der Waals surface area contributed by atoms with E-state index in [9.17, 15) is 4.79 Å². The SMILES string of the molecule is COc1ccc(COc2cccc(/C=C/C(=O)O)c2)cc1. The van der Waals surface area contributed by atoms with Crippen LogP contribution in [0.5, 0.6) is 11.5 Å². The summed E-state index contributed by atoms with van der Waals surface area (Å²) in [6, 6.07) is 14.9. The summed E-state index contributed by atoms with van der Waals surface area (Å²) < 4.78 is 10.8. The third kappa shape index (κ3) is 4.69. The lowest BCUT2D eigenvalue weighted by Crippen LogP contribution is -1.95. The van der Waals surface area contributed by atoms with Crippen LogP contribution in [-0.4, -0.2) is 18.2 Å². The minimum absolute atomic E-state index is 0.441. The summed E-state index contributed by atoms with van der Waals surface area (Å²) in [7, 11) is 1.63. The van der Waals surface area contributed by atoms with Crippen molar-refractivity contribution >= 4 is 12.0 Å². The van der Waals surface area contributed by atoms with Crippen molar-refractivity contribution in [2.75, 3.05) is 7.11 Å². The second kappa shape index (κ2) is 7.14. The van der Waals surface area contributed by atoms with Gasteiger partial charge in [0.05, 0.1) is 7.11 Å². The zero-order valence-electron chi connectivity index (χ0n) is 11.7. The Hall–Kier alpha value is -2.75. The van der Waals surface area contributed by atoms with Gasteiger partial charge in [0.2, 0.25) is 0 Å². The van der Waals surface area contributed by atoms with Gasteiger partial charge in [0.1, 0.15) is 18.1 Å². The van der Waals surface area contributed by atoms with E-state index in [-0.39, 0.29) is 0 Å². The molecule has 0 bridgehead atoms. The fourth-order valence-corrected chi connectivity index (χ4v) is 1.76. The maximum absolute atomic E-state index is 10.5. The second-order valence-corrected chi connectivity index (χ2v) is 4.38. The molecule has 108 valence electrons. The second-order valence-electron chi connectivity index (χ2n) is 4.38. The van der Waals surface area contributed by atoms with Crippen LogP contribution in [0.1, 0.15) is 11.1 Å². The summed E-state index contributed by atoms with van der Waals surface area (Å²) >= 11 is 0. The number of hydrogen-bond acceptors (Lipinski definition) is 3. The van der Waals surface area contributed by atoms with E-state index in [1.54, 1.807) is 13.2 Å². The van der Waals surface area contributed by atoms with Gasteiger partial charge in [0.15, 0.2) is 0 Å². The van der Waals surface area contributed by atoms with Crippen LogP contribution in [0.25, 0.3) is 6.08 Å². The highest BCUT2D eigenvalue weighted by Gasteiger charge is 1.98. The highest BCUT2D eigenvalue weighted by atomic mass is 16.5. The first-order valence-electron chi connectivity index (χ1n) is 6.44. The molecule has 4 heteroatoms. The van der Waals surface area contributed by atoms with E-state index >= 15 is 0 Å². The van der Waals surface area contributed by atoms with Gasteiger partial charge in [-0.15, -0.1) is 0 Å². The van der Waals surface area contributed by atoms with Gasteiger partial charge in [-0.3, -0.25) is 0 Å². The molecule has 0 amide bonds. The first kappa shape index (κ1) is 14.7. The number of carboxylic acid groups (broad SMARTS) is 1. The van der Waals surface area contributed by atoms with E-state index < -0.39 is 5.97 Å². The Bertz CT molecular complexity index is 629. The monoisotopic (exact) mass is 284 g/mol. The Morgan fingerprint density at radius 2 is 1.90 bits per heavy atom. The van der Waals surface area contributed by atoms with E-state index in [1.165, 1.54) is 6.08 Å². The molecule has 2 aromatic rings. The normalized spacial score (nSPS) is 10.5. The average molecular weight is 284 g/mol. The lowest BCUT2D eigenvalue weighted by Gasteiger charge is -2.07. The smallest absolute Gasteiger partial charge is 0.328 e. The number of ether oxygens (including phenoxy) is 2. The molecule has 0 aliphatic heterocycles. The minimum atomic E-state index is -0.973. The molecule has 0 saturated carbocycles. The third-order valence-electron chi connectivity index (χ3n) is 2.84. The van der Waals surface area contributed by atoms with E-state index in [4.69, 9.17) is 14.6 Å². The number of methoxy groups -OCH3 is 1. The summed E-state index contributed by atoms with van der Waals surface area (Å²) in [6.07, 6.45) is 2.63. The summed E-state index contributed by atoms with van der Waals surface area (Å²) in [5.41, 5.74) is 1.81. The molecule has 0 aliphatic rings. The van der Waals surface area contributed by atoms with Gasteiger partial charge in [-0.25, -0.2) is 4.79 Å². The quantitative estimate of drug-likeness (QED) is 0.826. The molecule has 0 unspecified atom stereocenters. The molecule has 0 spiro atoms. The Labute approximate surface area is 123 Å². The average Bonchev–Trinajstić information content (AvgIpc) is 2.52. The summed E-state index contributed by atoms with van der Waals surface area (Å²) in [5.74, 6) is 0.525. The van der Waals surface area contributed by atoms with Crippen LogP contribution in [0, 0.1) is 0 Å². The highest BCUT2D eigenvalue weighted by molar-refractivity contribution is 5.85. The van der Waals surface area contributed by atoms with Crippen LogP contribution in [-0.2, 0) is 11.4 Å². The van der Waals surface area contributed by atoms with Crippen molar-refractivity contribution in [2.24, 2.45) is 0 Å². The largest absolute Gasteiger partial charge is 0.497 e. The molecule has 0 radical (unpaired) electrons. The van der Waals surface area contributed by atoms with Crippen LogP contribution in [0.4, 0.5) is 0 Å². The number of hydrogen-bond donors (Lipinski definition) is 1. The van der Waals surface area contributed by atoms with E-state index in [0.717, 1.165) is 23.0 Å². The first-order valence-corrected chi connectivity index (χ1v) is 6.44. The summed E-state index contributed by atoms with van der Waals surface area (Å²) in [6.45, 7) is 0.441. The Kier molecular flexibility index (Phi) is 4.99. The standard InChI is InChI=1S/C17H16O4/c1-20-15-8-5-14(6-9-15)12-21-16-4-2-3-13(11-16)7-10-17(18)19/h2-11H,12H2,1H3,(H,18,19)/b10-7+. The van der Waals surface area contributed by atoms with Gasteiger partial charge in [-0.05, 0) is 41.5 Å². The number of rotatable bonds is 6. The molecule has 0 aromatic heterocycles. The number of carbonyl (C=O) groups is 1. The number of benzene rings is 2. The van der Waals surface area contributed by atoms with Crippen molar-refractivity contribution in [3.63, 3.8) is 0 Å². The lowest BCUT2D eigenvalue weighted by molar-refractivity contribution is -0.131. The summed E-state index contributed by atoms with van der Waals surface area (Å²) in [4.78, 5) is 10.5. The van der Waals surface area contributed by atoms with Gasteiger partial charge in [0.25, 0.3) is 0 Å². The van der Waals surface area contributed by atoms with Crippen molar-refractivity contribution in [1.29, 1.82) is 0 Å². The Morgan fingerprint density at radius 1 is 1.14 bits per heavy atom. The topological polar surface area (TPSA) is 55.8 Å². The summed E-state index contributed by atoms with van der Waals surface area (Å²) in [5, 5.41) is 8.61. The number of carboxylic acids is 1. The van der Waals surface area contributed by atoms with E-state index in [0.29, 0.717) is 12.4 Å².